The fourth-order valence-electron chi connectivity index (χ4n) is 1.71. The normalized spacial score (nSPS) is 29.6. The molecule has 0 aromatic rings. The first-order valence-electron chi connectivity index (χ1n) is 5.39. The van der Waals surface area contributed by atoms with Gasteiger partial charge in [-0.05, 0) is 25.7 Å². The van der Waals surface area contributed by atoms with Gasteiger partial charge in [0.2, 0.25) is 5.91 Å². The van der Waals surface area contributed by atoms with Crippen molar-refractivity contribution >= 4 is 5.91 Å². The van der Waals surface area contributed by atoms with Gasteiger partial charge in [0.15, 0.2) is 0 Å². The number of carbonyl (C=O) groups is 1. The van der Waals surface area contributed by atoms with Gasteiger partial charge in [-0.25, -0.2) is 0 Å². The second-order valence-corrected chi connectivity index (χ2v) is 4.26. The number of nitrogens with one attached hydrogen (secondary N) is 1. The Labute approximate surface area is 85.4 Å². The van der Waals surface area contributed by atoms with Crippen LogP contribution in [0.25, 0.3) is 0 Å². The molecule has 4 heteroatoms. The Kier molecular flexibility index (Phi) is 4.35. The maximum absolute atomic E-state index is 11.5. The van der Waals surface area contributed by atoms with Crippen molar-refractivity contribution in [3.8, 4) is 0 Å². The van der Waals surface area contributed by atoms with Gasteiger partial charge >= 0.3 is 0 Å². The van der Waals surface area contributed by atoms with E-state index in [0.29, 0.717) is 18.6 Å². The quantitative estimate of drug-likeness (QED) is 0.597. The first-order valence-corrected chi connectivity index (χ1v) is 5.39. The summed E-state index contributed by atoms with van der Waals surface area (Å²) in [5.41, 5.74) is 11.2. The topological polar surface area (TPSA) is 81.1 Å². The highest BCUT2D eigenvalue weighted by molar-refractivity contribution is 5.78. The summed E-state index contributed by atoms with van der Waals surface area (Å²) in [5, 5.41) is 3.02. The van der Waals surface area contributed by atoms with Crippen LogP contribution in [0.4, 0.5) is 0 Å². The van der Waals surface area contributed by atoms with Crippen LogP contribution in [0.3, 0.4) is 0 Å². The molecular formula is C10H21N3O. The Bertz CT molecular complexity index is 188. The molecule has 1 fully saturated rings. The van der Waals surface area contributed by atoms with Crippen LogP contribution in [0, 0.1) is 5.92 Å². The molecule has 0 bridgehead atoms. The second-order valence-electron chi connectivity index (χ2n) is 4.26. The summed E-state index contributed by atoms with van der Waals surface area (Å²) in [5.74, 6) is -0.00132. The predicted molar refractivity (Wildman–Crippen MR) is 56.6 cm³/mol. The van der Waals surface area contributed by atoms with Crippen LogP contribution in [-0.4, -0.2) is 24.5 Å². The van der Waals surface area contributed by atoms with Gasteiger partial charge in [-0.3, -0.25) is 4.79 Å². The van der Waals surface area contributed by atoms with E-state index < -0.39 is 0 Å². The monoisotopic (exact) mass is 199 g/mol. The summed E-state index contributed by atoms with van der Waals surface area (Å²) in [6.45, 7) is 2.27. The molecule has 0 aromatic carbocycles. The minimum Gasteiger partial charge on any atom is -0.353 e. The first kappa shape index (κ1) is 11.5. The summed E-state index contributed by atoms with van der Waals surface area (Å²) in [6.07, 6.45) is 4.04. The van der Waals surface area contributed by atoms with E-state index in [1.54, 1.807) is 0 Å². The lowest BCUT2D eigenvalue weighted by Gasteiger charge is -2.27. The highest BCUT2D eigenvalue weighted by Crippen LogP contribution is 2.17. The molecule has 0 aromatic heterocycles. The molecule has 0 aliphatic heterocycles. The minimum absolute atomic E-state index is 0.0768. The maximum atomic E-state index is 11.5. The summed E-state index contributed by atoms with van der Waals surface area (Å²) in [4.78, 5) is 11.5. The summed E-state index contributed by atoms with van der Waals surface area (Å²) < 4.78 is 0. The molecule has 1 rings (SSSR count). The molecule has 5 N–H and O–H groups in total. The predicted octanol–water partition coefficient (Wildman–Crippen LogP) is -0.0327. The fraction of sp³-hybridized carbons (Fsp3) is 0.900. The number of hydrogen-bond acceptors (Lipinski definition) is 3. The summed E-state index contributed by atoms with van der Waals surface area (Å²) in [6, 6.07) is 0.645. The standard InChI is InChI=1S/C10H21N3O/c1-7(6-11)10(14)13-9-4-2-8(12)3-5-9/h7-9H,2-6,11-12H2,1H3,(H,13,14). The van der Waals surface area contributed by atoms with Crippen LogP contribution in [0.1, 0.15) is 32.6 Å². The summed E-state index contributed by atoms with van der Waals surface area (Å²) >= 11 is 0. The number of carbonyl (C=O) groups excluding carboxylic acids is 1. The van der Waals surface area contributed by atoms with E-state index in [0.717, 1.165) is 25.7 Å². The van der Waals surface area contributed by atoms with Crippen molar-refractivity contribution < 1.29 is 4.79 Å². The van der Waals surface area contributed by atoms with Gasteiger partial charge in [0.25, 0.3) is 0 Å². The molecule has 1 amide bonds. The molecule has 82 valence electrons. The van der Waals surface area contributed by atoms with Crippen molar-refractivity contribution in [2.75, 3.05) is 6.54 Å². The molecule has 1 saturated carbocycles. The summed E-state index contributed by atoms with van der Waals surface area (Å²) in [7, 11) is 0. The van der Waals surface area contributed by atoms with Crippen molar-refractivity contribution in [1.82, 2.24) is 5.32 Å². The lowest BCUT2D eigenvalue weighted by molar-refractivity contribution is -0.125. The zero-order valence-corrected chi connectivity index (χ0v) is 8.83. The van der Waals surface area contributed by atoms with E-state index in [-0.39, 0.29) is 11.8 Å². The Morgan fingerprint density at radius 3 is 2.50 bits per heavy atom. The second kappa shape index (κ2) is 5.32. The van der Waals surface area contributed by atoms with E-state index in [2.05, 4.69) is 5.32 Å². The number of hydrogen-bond donors (Lipinski definition) is 3. The third kappa shape index (κ3) is 3.27. The van der Waals surface area contributed by atoms with Gasteiger partial charge in [0.05, 0.1) is 0 Å². The van der Waals surface area contributed by atoms with Crippen LogP contribution < -0.4 is 16.8 Å². The minimum atomic E-state index is -0.0781. The Morgan fingerprint density at radius 1 is 1.43 bits per heavy atom. The average Bonchev–Trinajstić information content (AvgIpc) is 2.20. The van der Waals surface area contributed by atoms with Crippen LogP contribution in [0.15, 0.2) is 0 Å². The lowest BCUT2D eigenvalue weighted by atomic mass is 9.91. The SMILES string of the molecule is CC(CN)C(=O)NC1CCC(N)CC1. The average molecular weight is 199 g/mol. The molecule has 0 saturated heterocycles. The molecule has 0 heterocycles. The molecule has 1 aliphatic carbocycles. The van der Waals surface area contributed by atoms with Gasteiger partial charge in [-0.15, -0.1) is 0 Å². The Morgan fingerprint density at radius 2 is 2.00 bits per heavy atom. The first-order chi connectivity index (χ1) is 6.63. The van der Waals surface area contributed by atoms with Crippen LogP contribution in [-0.2, 0) is 4.79 Å². The van der Waals surface area contributed by atoms with Crippen molar-refractivity contribution in [1.29, 1.82) is 0 Å². The smallest absolute Gasteiger partial charge is 0.224 e. The molecule has 4 nitrogen and oxygen atoms in total. The molecule has 14 heavy (non-hydrogen) atoms. The largest absolute Gasteiger partial charge is 0.353 e. The maximum Gasteiger partial charge on any atom is 0.224 e. The van der Waals surface area contributed by atoms with E-state index in [1.807, 2.05) is 6.92 Å². The fourth-order valence-corrected chi connectivity index (χ4v) is 1.71. The highest BCUT2D eigenvalue weighted by Gasteiger charge is 2.21. The third-order valence-corrected chi connectivity index (χ3v) is 2.92. The zero-order chi connectivity index (χ0) is 10.6. The van der Waals surface area contributed by atoms with Gasteiger partial charge < -0.3 is 16.8 Å². The van der Waals surface area contributed by atoms with Crippen molar-refractivity contribution in [2.45, 2.75) is 44.7 Å². The molecule has 1 unspecified atom stereocenters. The number of rotatable bonds is 3. The third-order valence-electron chi connectivity index (χ3n) is 2.92. The van der Waals surface area contributed by atoms with Gasteiger partial charge in [0.1, 0.15) is 0 Å². The molecule has 1 aliphatic rings. The number of amides is 1. The molecule has 0 radical (unpaired) electrons. The van der Waals surface area contributed by atoms with E-state index >= 15 is 0 Å². The van der Waals surface area contributed by atoms with E-state index in [4.69, 9.17) is 11.5 Å². The van der Waals surface area contributed by atoms with Crippen molar-refractivity contribution in [3.63, 3.8) is 0 Å². The van der Waals surface area contributed by atoms with Gasteiger partial charge in [0, 0.05) is 24.5 Å². The van der Waals surface area contributed by atoms with Crippen LogP contribution >= 0.6 is 0 Å². The van der Waals surface area contributed by atoms with Crippen molar-refractivity contribution in [3.05, 3.63) is 0 Å². The van der Waals surface area contributed by atoms with E-state index in [9.17, 15) is 4.79 Å². The van der Waals surface area contributed by atoms with Gasteiger partial charge in [-0.1, -0.05) is 6.92 Å². The Hall–Kier alpha value is -0.610. The van der Waals surface area contributed by atoms with Crippen molar-refractivity contribution in [2.24, 2.45) is 17.4 Å². The van der Waals surface area contributed by atoms with Crippen LogP contribution in [0.2, 0.25) is 0 Å². The number of nitrogens with two attached hydrogens (primary N) is 2. The van der Waals surface area contributed by atoms with Crippen LogP contribution in [0.5, 0.6) is 0 Å². The zero-order valence-electron chi connectivity index (χ0n) is 8.83. The van der Waals surface area contributed by atoms with Gasteiger partial charge in [-0.2, -0.15) is 0 Å². The lowest BCUT2D eigenvalue weighted by Crippen LogP contribution is -2.43. The molecule has 1 atom stereocenters. The van der Waals surface area contributed by atoms with E-state index in [1.165, 1.54) is 0 Å². The molecular weight excluding hydrogens is 178 g/mol. The molecule has 0 spiro atoms. The Balaban J connectivity index is 2.27. The highest BCUT2D eigenvalue weighted by atomic mass is 16.1.